The minimum atomic E-state index is -0.203. The third-order valence-electron chi connectivity index (χ3n) is 3.41. The Morgan fingerprint density at radius 2 is 1.81 bits per heavy atom. The van der Waals surface area contributed by atoms with Gasteiger partial charge >= 0.3 is 0 Å². The quantitative estimate of drug-likeness (QED) is 0.830. The standard InChI is InChI=1S/C17H20N2O2/c1-3-12-7-9-13(10-8-12)11-19-17(20)14-5-4-6-15(21-2)16(14)18/h4-10H,3,11,18H2,1-2H3,(H,19,20). The van der Waals surface area contributed by atoms with E-state index >= 15 is 0 Å². The highest BCUT2D eigenvalue weighted by Crippen LogP contribution is 2.24. The first-order valence-corrected chi connectivity index (χ1v) is 6.94. The number of nitrogens with one attached hydrogen (secondary N) is 1. The third kappa shape index (κ3) is 3.54. The van der Waals surface area contributed by atoms with E-state index in [0.717, 1.165) is 12.0 Å². The normalized spacial score (nSPS) is 10.2. The Morgan fingerprint density at radius 1 is 1.14 bits per heavy atom. The predicted octanol–water partition coefficient (Wildman–Crippen LogP) is 2.77. The maximum atomic E-state index is 12.2. The van der Waals surface area contributed by atoms with E-state index in [1.807, 2.05) is 12.1 Å². The average Bonchev–Trinajstić information content (AvgIpc) is 2.53. The van der Waals surface area contributed by atoms with E-state index in [1.165, 1.54) is 12.7 Å². The lowest BCUT2D eigenvalue weighted by molar-refractivity contribution is 0.0951. The fourth-order valence-electron chi connectivity index (χ4n) is 2.09. The third-order valence-corrected chi connectivity index (χ3v) is 3.41. The van der Waals surface area contributed by atoms with Crippen molar-refractivity contribution in [3.63, 3.8) is 0 Å². The van der Waals surface area contributed by atoms with E-state index in [2.05, 4.69) is 24.4 Å². The van der Waals surface area contributed by atoms with Crippen molar-refractivity contribution in [2.45, 2.75) is 19.9 Å². The maximum Gasteiger partial charge on any atom is 0.253 e. The highest BCUT2D eigenvalue weighted by atomic mass is 16.5. The van der Waals surface area contributed by atoms with Crippen LogP contribution in [0.1, 0.15) is 28.4 Å². The van der Waals surface area contributed by atoms with E-state index in [1.54, 1.807) is 18.2 Å². The lowest BCUT2D eigenvalue weighted by atomic mass is 10.1. The van der Waals surface area contributed by atoms with Crippen molar-refractivity contribution in [1.82, 2.24) is 5.32 Å². The Kier molecular flexibility index (Phi) is 4.82. The summed E-state index contributed by atoms with van der Waals surface area (Å²) in [7, 11) is 1.53. The van der Waals surface area contributed by atoms with E-state index in [0.29, 0.717) is 23.5 Å². The van der Waals surface area contributed by atoms with Crippen LogP contribution in [0.4, 0.5) is 5.69 Å². The summed E-state index contributed by atoms with van der Waals surface area (Å²) in [5, 5.41) is 2.87. The highest BCUT2D eigenvalue weighted by molar-refractivity contribution is 6.00. The lowest BCUT2D eigenvalue weighted by Crippen LogP contribution is -2.23. The highest BCUT2D eigenvalue weighted by Gasteiger charge is 2.12. The van der Waals surface area contributed by atoms with Crippen LogP contribution in [0, 0.1) is 0 Å². The molecule has 2 rings (SSSR count). The molecule has 0 aliphatic rings. The molecule has 2 aromatic carbocycles. The summed E-state index contributed by atoms with van der Waals surface area (Å²) < 4.78 is 5.12. The topological polar surface area (TPSA) is 64.3 Å². The molecule has 110 valence electrons. The molecule has 0 bridgehead atoms. The van der Waals surface area contributed by atoms with Gasteiger partial charge in [-0.15, -0.1) is 0 Å². The smallest absolute Gasteiger partial charge is 0.253 e. The zero-order valence-electron chi connectivity index (χ0n) is 12.3. The number of anilines is 1. The van der Waals surface area contributed by atoms with E-state index < -0.39 is 0 Å². The van der Waals surface area contributed by atoms with Gasteiger partial charge in [-0.05, 0) is 29.7 Å². The largest absolute Gasteiger partial charge is 0.495 e. The second kappa shape index (κ2) is 6.79. The molecule has 2 aromatic rings. The van der Waals surface area contributed by atoms with Crippen molar-refractivity contribution in [3.8, 4) is 5.75 Å². The van der Waals surface area contributed by atoms with E-state index in [-0.39, 0.29) is 5.91 Å². The van der Waals surface area contributed by atoms with Crippen LogP contribution in [0.5, 0.6) is 5.75 Å². The van der Waals surface area contributed by atoms with Crippen molar-refractivity contribution in [1.29, 1.82) is 0 Å². The van der Waals surface area contributed by atoms with Crippen LogP contribution in [0.25, 0.3) is 0 Å². The Labute approximate surface area is 124 Å². The molecule has 4 heteroatoms. The molecule has 0 heterocycles. The molecule has 0 fully saturated rings. The van der Waals surface area contributed by atoms with Crippen molar-refractivity contribution in [2.24, 2.45) is 0 Å². The SMILES string of the molecule is CCc1ccc(CNC(=O)c2cccc(OC)c2N)cc1. The Balaban J connectivity index is 2.04. The van der Waals surface area contributed by atoms with Crippen LogP contribution in [0.15, 0.2) is 42.5 Å². The van der Waals surface area contributed by atoms with Crippen molar-refractivity contribution < 1.29 is 9.53 Å². The molecule has 4 nitrogen and oxygen atoms in total. The van der Waals surface area contributed by atoms with Gasteiger partial charge in [0.2, 0.25) is 0 Å². The predicted molar refractivity (Wildman–Crippen MR) is 84.4 cm³/mol. The molecule has 0 radical (unpaired) electrons. The summed E-state index contributed by atoms with van der Waals surface area (Å²) in [5.74, 6) is 0.306. The molecular formula is C17H20N2O2. The number of methoxy groups -OCH3 is 1. The summed E-state index contributed by atoms with van der Waals surface area (Å²) in [6, 6.07) is 13.4. The minimum Gasteiger partial charge on any atom is -0.495 e. The number of aryl methyl sites for hydroxylation is 1. The first kappa shape index (κ1) is 14.9. The number of carbonyl (C=O) groups excluding carboxylic acids is 1. The molecule has 0 aromatic heterocycles. The number of nitrogens with two attached hydrogens (primary N) is 1. The molecular weight excluding hydrogens is 264 g/mol. The monoisotopic (exact) mass is 284 g/mol. The van der Waals surface area contributed by atoms with Gasteiger partial charge in [0.25, 0.3) is 5.91 Å². The van der Waals surface area contributed by atoms with Gasteiger partial charge in [0.1, 0.15) is 5.75 Å². The molecule has 21 heavy (non-hydrogen) atoms. The fourth-order valence-corrected chi connectivity index (χ4v) is 2.09. The summed E-state index contributed by atoms with van der Waals surface area (Å²) in [6.07, 6.45) is 1.01. The number of hydrogen-bond donors (Lipinski definition) is 2. The Hall–Kier alpha value is -2.49. The number of carbonyl (C=O) groups is 1. The van der Waals surface area contributed by atoms with Gasteiger partial charge in [0, 0.05) is 6.54 Å². The number of ether oxygens (including phenoxy) is 1. The van der Waals surface area contributed by atoms with Crippen molar-refractivity contribution in [3.05, 3.63) is 59.2 Å². The molecule has 0 saturated carbocycles. The number of rotatable bonds is 5. The minimum absolute atomic E-state index is 0.203. The van der Waals surface area contributed by atoms with Crippen molar-refractivity contribution >= 4 is 11.6 Å². The molecule has 0 spiro atoms. The molecule has 0 aliphatic carbocycles. The van der Waals surface area contributed by atoms with Crippen LogP contribution in [-0.2, 0) is 13.0 Å². The van der Waals surface area contributed by atoms with Crippen LogP contribution < -0.4 is 15.8 Å². The number of nitrogen functional groups attached to an aromatic ring is 1. The summed E-state index contributed by atoms with van der Waals surface area (Å²) in [6.45, 7) is 2.59. The summed E-state index contributed by atoms with van der Waals surface area (Å²) >= 11 is 0. The van der Waals surface area contributed by atoms with Gasteiger partial charge in [-0.3, -0.25) is 4.79 Å². The lowest BCUT2D eigenvalue weighted by Gasteiger charge is -2.10. The number of amides is 1. The Bertz CT molecular complexity index is 621. The van der Waals surface area contributed by atoms with Gasteiger partial charge in [-0.2, -0.15) is 0 Å². The molecule has 3 N–H and O–H groups in total. The van der Waals surface area contributed by atoms with Crippen molar-refractivity contribution in [2.75, 3.05) is 12.8 Å². The van der Waals surface area contributed by atoms with E-state index in [9.17, 15) is 4.79 Å². The van der Waals surface area contributed by atoms with Gasteiger partial charge in [-0.25, -0.2) is 0 Å². The molecule has 0 atom stereocenters. The van der Waals surface area contributed by atoms with Gasteiger partial charge in [0.05, 0.1) is 18.4 Å². The zero-order valence-corrected chi connectivity index (χ0v) is 12.3. The average molecular weight is 284 g/mol. The number of hydrogen-bond acceptors (Lipinski definition) is 3. The first-order valence-electron chi connectivity index (χ1n) is 6.94. The van der Waals surface area contributed by atoms with E-state index in [4.69, 9.17) is 10.5 Å². The van der Waals surface area contributed by atoms with Crippen LogP contribution >= 0.6 is 0 Å². The van der Waals surface area contributed by atoms with Gasteiger partial charge < -0.3 is 15.8 Å². The molecule has 0 aliphatic heterocycles. The second-order valence-electron chi connectivity index (χ2n) is 4.77. The fraction of sp³-hybridized carbons (Fsp3) is 0.235. The maximum absolute atomic E-state index is 12.2. The molecule has 0 unspecified atom stereocenters. The van der Waals surface area contributed by atoms with Gasteiger partial charge in [-0.1, -0.05) is 37.3 Å². The van der Waals surface area contributed by atoms with Crippen LogP contribution in [0.2, 0.25) is 0 Å². The van der Waals surface area contributed by atoms with Crippen LogP contribution in [-0.4, -0.2) is 13.0 Å². The summed E-state index contributed by atoms with van der Waals surface area (Å²) in [5.41, 5.74) is 9.04. The second-order valence-corrected chi connectivity index (χ2v) is 4.77. The zero-order chi connectivity index (χ0) is 15.2. The number of benzene rings is 2. The first-order chi connectivity index (χ1) is 10.2. The Morgan fingerprint density at radius 3 is 2.43 bits per heavy atom. The number of para-hydroxylation sites is 1. The molecule has 1 amide bonds. The van der Waals surface area contributed by atoms with Gasteiger partial charge in [0.15, 0.2) is 0 Å². The molecule has 0 saturated heterocycles. The van der Waals surface area contributed by atoms with Crippen LogP contribution in [0.3, 0.4) is 0 Å². The summed E-state index contributed by atoms with van der Waals surface area (Å²) in [4.78, 5) is 12.2.